The van der Waals surface area contributed by atoms with E-state index in [9.17, 15) is 14.4 Å². The van der Waals surface area contributed by atoms with Gasteiger partial charge in [-0.2, -0.15) is 0 Å². The number of carbonyl (C=O) groups is 3. The summed E-state index contributed by atoms with van der Waals surface area (Å²) in [6, 6.07) is -0.488. The maximum absolute atomic E-state index is 11.5. The molecule has 0 aliphatic rings. The van der Waals surface area contributed by atoms with Crippen molar-refractivity contribution >= 4 is 37.0 Å². The van der Waals surface area contributed by atoms with E-state index in [1.165, 1.54) is 0 Å². The van der Waals surface area contributed by atoms with Crippen molar-refractivity contribution < 1.29 is 14.4 Å². The summed E-state index contributed by atoms with van der Waals surface area (Å²) in [7, 11) is 4.09. The minimum atomic E-state index is -0.488. The number of imide groups is 1. The van der Waals surface area contributed by atoms with Crippen LogP contribution in [-0.4, -0.2) is 22.9 Å². The largest absolute Gasteiger partial charge is 0.329 e. The van der Waals surface area contributed by atoms with E-state index in [1.807, 2.05) is 16.3 Å². The van der Waals surface area contributed by atoms with E-state index >= 15 is 0 Å². The van der Waals surface area contributed by atoms with Gasteiger partial charge in [-0.1, -0.05) is 6.92 Å². The molecule has 0 aromatic carbocycles. The smallest absolute Gasteiger partial charge is 0.322 e. The lowest BCUT2D eigenvalue weighted by Crippen LogP contribution is -2.33. The number of carbonyl (C=O) groups excluding carboxylic acids is 3. The van der Waals surface area contributed by atoms with Gasteiger partial charge in [0.2, 0.25) is 5.91 Å². The highest BCUT2D eigenvalue weighted by molar-refractivity contribution is 7.18. The van der Waals surface area contributed by atoms with Gasteiger partial charge in [-0.15, -0.1) is 0 Å². The maximum atomic E-state index is 11.5. The number of aldehydes is 1. The van der Waals surface area contributed by atoms with E-state index in [1.54, 1.807) is 0 Å². The van der Waals surface area contributed by atoms with Crippen molar-refractivity contribution in [3.05, 3.63) is 0 Å². The van der Waals surface area contributed by atoms with Crippen LogP contribution in [0.15, 0.2) is 0 Å². The lowest BCUT2D eigenvalue weighted by molar-refractivity contribution is -0.125. The molecule has 0 radical (unpaired) electrons. The molecule has 0 fully saturated rings. The number of nitrogens with zero attached hydrogens (tertiary/aromatic N) is 1. The average Bonchev–Trinajstić information content (AvgIpc) is 2.23. The summed E-state index contributed by atoms with van der Waals surface area (Å²) in [6.07, 6.45) is 2.20. The van der Waals surface area contributed by atoms with Crippen LogP contribution in [0.1, 0.15) is 26.2 Å². The van der Waals surface area contributed by atoms with Crippen molar-refractivity contribution in [2.24, 2.45) is 5.92 Å². The molecule has 0 spiro atoms. The molecule has 0 saturated heterocycles. The molecule has 3 amide bonds. The van der Waals surface area contributed by atoms with Crippen LogP contribution in [0.3, 0.4) is 0 Å². The Morgan fingerprint density at radius 1 is 1.53 bits per heavy atom. The van der Waals surface area contributed by atoms with Gasteiger partial charge in [0.1, 0.15) is 6.29 Å². The summed E-state index contributed by atoms with van der Waals surface area (Å²) < 4.78 is 0.949. The van der Waals surface area contributed by atoms with Crippen molar-refractivity contribution in [1.29, 1.82) is 0 Å². The van der Waals surface area contributed by atoms with Crippen LogP contribution in [0, 0.1) is 5.92 Å². The fraction of sp³-hybridized carbons (Fsp3) is 0.625. The molecular formula is C8H16N2O3P2. The van der Waals surface area contributed by atoms with Crippen molar-refractivity contribution in [2.75, 3.05) is 0 Å². The first-order chi connectivity index (χ1) is 7.02. The predicted octanol–water partition coefficient (Wildman–Crippen LogP) is 1.11. The highest BCUT2D eigenvalue weighted by Crippen LogP contribution is 2.13. The van der Waals surface area contributed by atoms with Crippen LogP contribution in [-0.2, 0) is 9.59 Å². The van der Waals surface area contributed by atoms with E-state index < -0.39 is 6.03 Å². The van der Waals surface area contributed by atoms with Gasteiger partial charge in [-0.25, -0.2) is 9.46 Å². The summed E-state index contributed by atoms with van der Waals surface area (Å²) in [6.45, 7) is 1.87. The molecule has 0 bridgehead atoms. The fourth-order valence-electron chi connectivity index (χ4n) is 1.03. The number of hydrogen-bond acceptors (Lipinski definition) is 3. The zero-order valence-corrected chi connectivity index (χ0v) is 10.9. The average molecular weight is 250 g/mol. The highest BCUT2D eigenvalue weighted by atomic mass is 31.0. The molecule has 3 unspecified atom stereocenters. The van der Waals surface area contributed by atoms with Crippen molar-refractivity contribution in [2.45, 2.75) is 26.2 Å². The molecule has 0 aliphatic heterocycles. The van der Waals surface area contributed by atoms with Crippen LogP contribution < -0.4 is 5.09 Å². The normalized spacial score (nSPS) is 11.7. The SMILES string of the molecule is CC(CCC=O)CC(=O)N(P)C(=O)NP. The Kier molecular flexibility index (Phi) is 7.45. The van der Waals surface area contributed by atoms with E-state index in [0.29, 0.717) is 12.8 Å². The van der Waals surface area contributed by atoms with Gasteiger partial charge in [0.25, 0.3) is 0 Å². The molecule has 0 aliphatic carbocycles. The lowest BCUT2D eigenvalue weighted by atomic mass is 10.0. The van der Waals surface area contributed by atoms with Gasteiger partial charge < -0.3 is 9.88 Å². The molecule has 5 nitrogen and oxygen atoms in total. The third-order valence-electron chi connectivity index (χ3n) is 1.91. The molecule has 0 saturated carbocycles. The van der Waals surface area contributed by atoms with E-state index in [-0.39, 0.29) is 18.2 Å². The molecule has 1 N–H and O–H groups in total. The van der Waals surface area contributed by atoms with Crippen LogP contribution in [0.5, 0.6) is 0 Å². The topological polar surface area (TPSA) is 66.5 Å². The first-order valence-corrected chi connectivity index (χ1v) is 5.64. The molecule has 0 heterocycles. The molecule has 86 valence electrons. The Hall–Kier alpha value is -0.530. The Bertz CT molecular complexity index is 248. The molecule has 0 aromatic heterocycles. The van der Waals surface area contributed by atoms with E-state index in [4.69, 9.17) is 0 Å². The van der Waals surface area contributed by atoms with Gasteiger partial charge in [-0.05, 0) is 31.1 Å². The Labute approximate surface area is 93.9 Å². The highest BCUT2D eigenvalue weighted by Gasteiger charge is 2.17. The number of rotatable bonds is 5. The van der Waals surface area contributed by atoms with Crippen LogP contribution >= 0.6 is 18.8 Å². The summed E-state index contributed by atoms with van der Waals surface area (Å²) >= 11 is 0. The van der Waals surface area contributed by atoms with Gasteiger partial charge in [0.15, 0.2) is 0 Å². The maximum Gasteiger partial charge on any atom is 0.329 e. The summed E-state index contributed by atoms with van der Waals surface area (Å²) in [5.41, 5.74) is 0. The predicted molar refractivity (Wildman–Crippen MR) is 63.9 cm³/mol. The van der Waals surface area contributed by atoms with Crippen molar-refractivity contribution in [1.82, 2.24) is 9.76 Å². The monoisotopic (exact) mass is 250 g/mol. The van der Waals surface area contributed by atoms with Crippen molar-refractivity contribution in [3.8, 4) is 0 Å². The number of urea groups is 1. The number of hydrogen-bond donors (Lipinski definition) is 1. The van der Waals surface area contributed by atoms with Gasteiger partial charge in [0.05, 0.1) is 0 Å². The first kappa shape index (κ1) is 14.5. The van der Waals surface area contributed by atoms with E-state index in [2.05, 4.69) is 14.5 Å². The molecule has 0 aromatic rings. The minimum Gasteiger partial charge on any atom is -0.322 e. The Balaban J connectivity index is 4.00. The molecular weight excluding hydrogens is 234 g/mol. The van der Waals surface area contributed by atoms with Crippen LogP contribution in [0.25, 0.3) is 0 Å². The molecule has 7 heteroatoms. The van der Waals surface area contributed by atoms with Crippen LogP contribution in [0.4, 0.5) is 4.79 Å². The van der Waals surface area contributed by atoms with Gasteiger partial charge in [0, 0.05) is 12.8 Å². The minimum absolute atomic E-state index is 0.100. The quantitative estimate of drug-likeness (QED) is 0.587. The molecule has 3 atom stereocenters. The summed E-state index contributed by atoms with van der Waals surface area (Å²) in [4.78, 5) is 32.6. The second-order valence-corrected chi connectivity index (χ2v) is 4.07. The second kappa shape index (κ2) is 7.72. The zero-order chi connectivity index (χ0) is 11.8. The third-order valence-corrected chi connectivity index (χ3v) is 2.68. The Morgan fingerprint density at radius 3 is 2.60 bits per heavy atom. The molecule has 15 heavy (non-hydrogen) atoms. The number of amides is 3. The standard InChI is InChI=1S/C8H16N2O3P2/c1-6(3-2-4-11)5-7(12)10(15)8(13)9-14/h4,6H,2-3,5,14-15H2,1H3,(H,9,13). The Morgan fingerprint density at radius 2 is 2.13 bits per heavy atom. The lowest BCUT2D eigenvalue weighted by Gasteiger charge is -2.16. The number of nitrogens with one attached hydrogen (secondary N) is 1. The van der Waals surface area contributed by atoms with E-state index in [0.717, 1.165) is 11.0 Å². The van der Waals surface area contributed by atoms with Gasteiger partial charge >= 0.3 is 6.03 Å². The summed E-state index contributed by atoms with van der Waals surface area (Å²) in [5.74, 6) is -0.179. The summed E-state index contributed by atoms with van der Waals surface area (Å²) in [5, 5.41) is 2.27. The van der Waals surface area contributed by atoms with Crippen molar-refractivity contribution in [3.63, 3.8) is 0 Å². The fourth-order valence-corrected chi connectivity index (χ4v) is 1.50. The first-order valence-electron chi connectivity index (χ1n) is 4.54. The third kappa shape index (κ3) is 5.81. The second-order valence-electron chi connectivity index (χ2n) is 3.27. The van der Waals surface area contributed by atoms with Gasteiger partial charge in [-0.3, -0.25) is 4.79 Å². The van der Waals surface area contributed by atoms with Crippen LogP contribution in [0.2, 0.25) is 0 Å². The zero-order valence-electron chi connectivity index (χ0n) is 8.60. The molecule has 0 rings (SSSR count).